The van der Waals surface area contributed by atoms with Crippen LogP contribution in [0.2, 0.25) is 0 Å². The van der Waals surface area contributed by atoms with Gasteiger partial charge in [-0.2, -0.15) is 0 Å². The van der Waals surface area contributed by atoms with Crippen LogP contribution in [0.5, 0.6) is 0 Å². The van der Waals surface area contributed by atoms with Crippen LogP contribution in [0, 0.1) is 34.8 Å². The van der Waals surface area contributed by atoms with E-state index in [4.69, 9.17) is 0 Å². The van der Waals surface area contributed by atoms with Gasteiger partial charge in [0.15, 0.2) is 0 Å². The zero-order valence-corrected chi connectivity index (χ0v) is 23.7. The topological polar surface area (TPSA) is 0 Å². The van der Waals surface area contributed by atoms with Crippen LogP contribution in [0.4, 0.5) is 0 Å². The standard InChI is InChI=1S/C24H30.2W/c1-13-17-11-19(23(5,6)7)16(4)22(17)14(2)18-12-20(24(8,9)10)15(3)21(13)18;;/h1-10H3;;. The molecule has 0 unspecified atom stereocenters. The molecule has 0 N–H and O–H groups in total. The van der Waals surface area contributed by atoms with Crippen LogP contribution in [0.25, 0.3) is 21.5 Å². The molecule has 0 aliphatic carbocycles. The molecule has 0 aliphatic rings. The van der Waals surface area contributed by atoms with Gasteiger partial charge in [0.25, 0.3) is 0 Å². The molecule has 0 aliphatic heterocycles. The van der Waals surface area contributed by atoms with Crippen LogP contribution in [0.1, 0.15) is 74.9 Å². The maximum absolute atomic E-state index is 2.37. The van der Waals surface area contributed by atoms with Crippen LogP contribution < -0.4 is 0 Å². The second kappa shape index (κ2) is 6.16. The van der Waals surface area contributed by atoms with Gasteiger partial charge in [-0.3, -0.25) is 0 Å². The molecule has 0 spiro atoms. The normalized spacial score (nSPS) is 13.3. The van der Waals surface area contributed by atoms with Crippen LogP contribution in [0.15, 0.2) is 0 Å². The summed E-state index contributed by atoms with van der Waals surface area (Å²) in [5.74, 6) is 0. The van der Waals surface area contributed by atoms with Gasteiger partial charge in [0.2, 0.25) is 0 Å². The van der Waals surface area contributed by atoms with Crippen LogP contribution in [-0.4, -0.2) is 0 Å². The number of aryl methyl sites for hydroxylation is 4. The molecule has 138 valence electrons. The van der Waals surface area contributed by atoms with Crippen molar-refractivity contribution in [3.63, 3.8) is 0 Å². The first-order chi connectivity index (χ1) is 11.7. The Labute approximate surface area is 179 Å². The van der Waals surface area contributed by atoms with Crippen molar-refractivity contribution in [3.05, 3.63) is 40.5 Å². The van der Waals surface area contributed by atoms with Crippen molar-refractivity contribution in [1.82, 2.24) is 0 Å². The predicted molar refractivity (Wildman–Crippen MR) is 107 cm³/mol. The summed E-state index contributed by atoms with van der Waals surface area (Å²) in [6.07, 6.45) is 0. The van der Waals surface area contributed by atoms with Gasteiger partial charge in [0.05, 0.1) is 0 Å². The molecule has 0 atom stereocenters. The van der Waals surface area contributed by atoms with Gasteiger partial charge in [-0.15, -0.1) is 0 Å². The molecule has 26 heavy (non-hydrogen) atoms. The average Bonchev–Trinajstić information content (AvgIpc) is 2.87. The van der Waals surface area contributed by atoms with Crippen LogP contribution >= 0.6 is 0 Å². The minimum absolute atomic E-state index is 0.203. The Hall–Kier alpha value is -0.183. The molecule has 0 aromatic heterocycles. The van der Waals surface area contributed by atoms with E-state index >= 15 is 0 Å². The fourth-order valence-electron chi connectivity index (χ4n) is 5.15. The summed E-state index contributed by atoms with van der Waals surface area (Å²) in [6, 6.07) is 0. The number of hydrogen-bond donors (Lipinski definition) is 0. The van der Waals surface area contributed by atoms with Gasteiger partial charge in [-0.25, -0.2) is 0 Å². The van der Waals surface area contributed by atoms with E-state index in [0.717, 1.165) is 0 Å². The summed E-state index contributed by atoms with van der Waals surface area (Å²) >= 11 is 3.21. The average molecular weight is 686 g/mol. The summed E-state index contributed by atoms with van der Waals surface area (Å²) in [4.78, 5) is 0. The summed E-state index contributed by atoms with van der Waals surface area (Å²) < 4.78 is 3.16. The van der Waals surface area contributed by atoms with E-state index in [0.29, 0.717) is 0 Å². The Balaban J connectivity index is 2.71. The van der Waals surface area contributed by atoms with E-state index in [2.05, 4.69) is 69.2 Å². The first-order valence-corrected chi connectivity index (χ1v) is 12.3. The molecular weight excluding hydrogens is 656 g/mol. The monoisotopic (exact) mass is 686 g/mol. The Bertz CT molecular complexity index is 1060. The zero-order valence-electron chi connectivity index (χ0n) is 17.8. The van der Waals surface area contributed by atoms with Crippen molar-refractivity contribution in [2.45, 2.75) is 80.1 Å². The van der Waals surface area contributed by atoms with E-state index in [1.54, 1.807) is 67.7 Å². The fraction of sp³-hybridized carbons (Fsp3) is 0.500. The van der Waals surface area contributed by atoms with E-state index in [9.17, 15) is 0 Å². The van der Waals surface area contributed by atoms with E-state index in [1.165, 1.54) is 33.0 Å². The third-order valence-electron chi connectivity index (χ3n) is 5.91. The first kappa shape index (κ1) is 20.5. The molecule has 0 fully saturated rings. The number of fused-ring (bicyclic) bond motifs is 2. The van der Waals surface area contributed by atoms with Crippen molar-refractivity contribution in [2.24, 2.45) is 0 Å². The Morgan fingerprint density at radius 2 is 0.731 bits per heavy atom. The van der Waals surface area contributed by atoms with Gasteiger partial charge in [-0.05, 0) is 0 Å². The van der Waals surface area contributed by atoms with Crippen molar-refractivity contribution >= 4 is 21.5 Å². The van der Waals surface area contributed by atoms with Crippen molar-refractivity contribution < 1.29 is 38.7 Å². The maximum atomic E-state index is 2.37. The van der Waals surface area contributed by atoms with Crippen molar-refractivity contribution in [3.8, 4) is 0 Å². The molecule has 0 saturated carbocycles. The summed E-state index contributed by atoms with van der Waals surface area (Å²) in [7, 11) is 0. The number of hydrogen-bond acceptors (Lipinski definition) is 0. The zero-order chi connectivity index (χ0) is 19.9. The Morgan fingerprint density at radius 3 is 0.962 bits per heavy atom. The van der Waals surface area contributed by atoms with E-state index in [1.807, 2.05) is 0 Å². The molecule has 0 nitrogen and oxygen atoms in total. The molecule has 3 aromatic carbocycles. The molecule has 3 rings (SSSR count). The fourth-order valence-corrected chi connectivity index (χ4v) is 10.3. The third kappa shape index (κ3) is 2.70. The second-order valence-electron chi connectivity index (χ2n) is 9.91. The van der Waals surface area contributed by atoms with Crippen LogP contribution in [0.3, 0.4) is 0 Å². The molecule has 0 heterocycles. The molecule has 0 radical (unpaired) electrons. The molecule has 2 heteroatoms. The van der Waals surface area contributed by atoms with Gasteiger partial charge in [-0.1, -0.05) is 0 Å². The molecule has 0 saturated heterocycles. The van der Waals surface area contributed by atoms with Crippen molar-refractivity contribution in [2.75, 3.05) is 0 Å². The number of rotatable bonds is 0. The van der Waals surface area contributed by atoms with E-state index in [-0.39, 0.29) is 10.8 Å². The van der Waals surface area contributed by atoms with E-state index < -0.39 is 0 Å². The van der Waals surface area contributed by atoms with Gasteiger partial charge in [0.1, 0.15) is 0 Å². The Kier molecular flexibility index (Phi) is 4.87. The quantitative estimate of drug-likeness (QED) is 0.243. The molecule has 3 aromatic rings. The second-order valence-corrected chi connectivity index (χ2v) is 12.8. The SMILES string of the molecule is Cc1c(C(C)(C)C)[c](=[W])c2c(C)c3c(C)c(C(C)(C)C)[c](=[W])c3c(C)c12. The predicted octanol–water partition coefficient (Wildman–Crippen LogP) is 6.85. The van der Waals surface area contributed by atoms with Gasteiger partial charge < -0.3 is 0 Å². The molecule has 0 bridgehead atoms. The summed E-state index contributed by atoms with van der Waals surface area (Å²) in [6.45, 7) is 23.6. The third-order valence-corrected chi connectivity index (χ3v) is 8.84. The Morgan fingerprint density at radius 1 is 0.462 bits per heavy atom. The summed E-state index contributed by atoms with van der Waals surface area (Å²) in [5.41, 5.74) is 9.64. The van der Waals surface area contributed by atoms with Crippen LogP contribution in [-0.2, 0) is 49.5 Å². The van der Waals surface area contributed by atoms with Gasteiger partial charge >= 0.3 is 181 Å². The molecule has 0 amide bonds. The summed E-state index contributed by atoms with van der Waals surface area (Å²) in [5, 5.41) is 6.18. The molecular formula is C24H30W2. The first-order valence-electron chi connectivity index (χ1n) is 9.41. The number of benzene rings is 1. The van der Waals surface area contributed by atoms with Crippen molar-refractivity contribution in [1.29, 1.82) is 0 Å². The minimum atomic E-state index is 0.203. The van der Waals surface area contributed by atoms with Gasteiger partial charge in [0, 0.05) is 0 Å².